The van der Waals surface area contributed by atoms with Crippen molar-refractivity contribution in [3.63, 3.8) is 0 Å². The molecule has 1 aromatic rings. The highest BCUT2D eigenvalue weighted by Crippen LogP contribution is 2.10. The third-order valence-corrected chi connectivity index (χ3v) is 3.55. The van der Waals surface area contributed by atoms with E-state index in [0.29, 0.717) is 11.6 Å². The van der Waals surface area contributed by atoms with Crippen LogP contribution in [0, 0.1) is 5.92 Å². The Bertz CT molecular complexity index is 436. The first-order valence-electron chi connectivity index (χ1n) is 7.25. The topological polar surface area (TPSA) is 48.5 Å². The van der Waals surface area contributed by atoms with Crippen LogP contribution in [0.15, 0.2) is 18.3 Å². The van der Waals surface area contributed by atoms with Gasteiger partial charge in [-0.05, 0) is 18.1 Å². The zero-order chi connectivity index (χ0) is 14.5. The van der Waals surface area contributed by atoms with Crippen molar-refractivity contribution in [2.45, 2.75) is 13.8 Å². The van der Waals surface area contributed by atoms with Gasteiger partial charge in [0.15, 0.2) is 0 Å². The number of carbonyl (C=O) groups excluding carboxylic acids is 1. The molecule has 2 heterocycles. The zero-order valence-electron chi connectivity index (χ0n) is 12.6. The van der Waals surface area contributed by atoms with Crippen LogP contribution in [0.2, 0.25) is 0 Å². The maximum atomic E-state index is 12.4. The minimum Gasteiger partial charge on any atom is -0.387 e. The van der Waals surface area contributed by atoms with Gasteiger partial charge in [-0.15, -0.1) is 0 Å². The van der Waals surface area contributed by atoms with Crippen molar-refractivity contribution in [1.82, 2.24) is 14.8 Å². The molecule has 0 aliphatic carbocycles. The molecule has 20 heavy (non-hydrogen) atoms. The SMILES string of the molecule is CNc1ccc(C(=O)N2CCN(CC(C)C)CC2)nc1. The van der Waals surface area contributed by atoms with Gasteiger partial charge in [-0.25, -0.2) is 4.98 Å². The molecule has 1 amide bonds. The van der Waals surface area contributed by atoms with Crippen LogP contribution in [0.3, 0.4) is 0 Å². The summed E-state index contributed by atoms with van der Waals surface area (Å²) in [6.07, 6.45) is 1.70. The van der Waals surface area contributed by atoms with Crippen molar-refractivity contribution in [3.05, 3.63) is 24.0 Å². The molecule has 0 spiro atoms. The first-order chi connectivity index (χ1) is 9.60. The molecule has 1 N–H and O–H groups in total. The Kier molecular flexibility index (Phi) is 4.95. The van der Waals surface area contributed by atoms with Gasteiger partial charge in [-0.1, -0.05) is 13.8 Å². The van der Waals surface area contributed by atoms with Crippen molar-refractivity contribution in [1.29, 1.82) is 0 Å². The van der Waals surface area contributed by atoms with Crippen LogP contribution in [0.1, 0.15) is 24.3 Å². The second-order valence-corrected chi connectivity index (χ2v) is 5.67. The molecule has 1 aromatic heterocycles. The Labute approximate surface area is 121 Å². The van der Waals surface area contributed by atoms with Crippen LogP contribution < -0.4 is 5.32 Å². The summed E-state index contributed by atoms with van der Waals surface area (Å²) in [6, 6.07) is 3.67. The molecular formula is C15H24N4O. The number of amides is 1. The van der Waals surface area contributed by atoms with Crippen molar-refractivity contribution in [2.75, 3.05) is 45.1 Å². The summed E-state index contributed by atoms with van der Waals surface area (Å²) in [6.45, 7) is 9.06. The molecule has 5 nitrogen and oxygen atoms in total. The Hall–Kier alpha value is -1.62. The number of aromatic nitrogens is 1. The molecule has 1 aliphatic rings. The predicted octanol–water partition coefficient (Wildman–Crippen LogP) is 1.54. The fraction of sp³-hybridized carbons (Fsp3) is 0.600. The maximum absolute atomic E-state index is 12.4. The molecule has 1 saturated heterocycles. The quantitative estimate of drug-likeness (QED) is 0.906. The van der Waals surface area contributed by atoms with E-state index >= 15 is 0 Å². The second kappa shape index (κ2) is 6.70. The minimum atomic E-state index is 0.0388. The smallest absolute Gasteiger partial charge is 0.272 e. The van der Waals surface area contributed by atoms with Crippen LogP contribution in [0.25, 0.3) is 0 Å². The van der Waals surface area contributed by atoms with E-state index in [9.17, 15) is 4.79 Å². The van der Waals surface area contributed by atoms with E-state index in [4.69, 9.17) is 0 Å². The number of rotatable bonds is 4. The van der Waals surface area contributed by atoms with Gasteiger partial charge in [-0.3, -0.25) is 9.69 Å². The van der Waals surface area contributed by atoms with Crippen LogP contribution in [0.5, 0.6) is 0 Å². The summed E-state index contributed by atoms with van der Waals surface area (Å²) in [5.74, 6) is 0.713. The average molecular weight is 276 g/mol. The normalized spacial score (nSPS) is 16.5. The van der Waals surface area contributed by atoms with Gasteiger partial charge in [0.1, 0.15) is 5.69 Å². The van der Waals surface area contributed by atoms with E-state index in [0.717, 1.165) is 38.4 Å². The first-order valence-corrected chi connectivity index (χ1v) is 7.25. The minimum absolute atomic E-state index is 0.0388. The van der Waals surface area contributed by atoms with E-state index < -0.39 is 0 Å². The van der Waals surface area contributed by atoms with Crippen molar-refractivity contribution in [2.24, 2.45) is 5.92 Å². The highest BCUT2D eigenvalue weighted by Gasteiger charge is 2.22. The monoisotopic (exact) mass is 276 g/mol. The average Bonchev–Trinajstić information content (AvgIpc) is 2.47. The van der Waals surface area contributed by atoms with E-state index in [1.165, 1.54) is 0 Å². The number of pyridine rings is 1. The second-order valence-electron chi connectivity index (χ2n) is 5.67. The summed E-state index contributed by atoms with van der Waals surface area (Å²) in [5, 5.41) is 3.00. The lowest BCUT2D eigenvalue weighted by molar-refractivity contribution is 0.0618. The standard InChI is InChI=1S/C15H24N4O/c1-12(2)11-18-6-8-19(9-7-18)15(20)14-5-4-13(16-3)10-17-14/h4-5,10,12,16H,6-9,11H2,1-3H3. The number of hydrogen-bond donors (Lipinski definition) is 1. The zero-order valence-corrected chi connectivity index (χ0v) is 12.6. The van der Waals surface area contributed by atoms with Crippen molar-refractivity contribution >= 4 is 11.6 Å². The lowest BCUT2D eigenvalue weighted by atomic mass is 10.2. The third-order valence-electron chi connectivity index (χ3n) is 3.55. The van der Waals surface area contributed by atoms with Gasteiger partial charge in [-0.2, -0.15) is 0 Å². The van der Waals surface area contributed by atoms with E-state index in [1.807, 2.05) is 18.0 Å². The van der Waals surface area contributed by atoms with Crippen molar-refractivity contribution in [3.8, 4) is 0 Å². The Balaban J connectivity index is 1.90. The largest absolute Gasteiger partial charge is 0.387 e. The summed E-state index contributed by atoms with van der Waals surface area (Å²) in [4.78, 5) is 20.9. The third kappa shape index (κ3) is 3.70. The fourth-order valence-electron chi connectivity index (χ4n) is 2.48. The highest BCUT2D eigenvalue weighted by molar-refractivity contribution is 5.92. The van der Waals surface area contributed by atoms with Gasteiger partial charge in [0.05, 0.1) is 11.9 Å². The van der Waals surface area contributed by atoms with Crippen molar-refractivity contribution < 1.29 is 4.79 Å². The fourth-order valence-corrected chi connectivity index (χ4v) is 2.48. The molecule has 0 bridgehead atoms. The van der Waals surface area contributed by atoms with Crippen LogP contribution >= 0.6 is 0 Å². The highest BCUT2D eigenvalue weighted by atomic mass is 16.2. The molecule has 110 valence electrons. The van der Waals surface area contributed by atoms with Crippen LogP contribution in [0.4, 0.5) is 5.69 Å². The van der Waals surface area contributed by atoms with E-state index in [-0.39, 0.29) is 5.91 Å². The molecule has 2 rings (SSSR count). The number of carbonyl (C=O) groups is 1. The van der Waals surface area contributed by atoms with Gasteiger partial charge < -0.3 is 10.2 Å². The van der Waals surface area contributed by atoms with Crippen LogP contribution in [-0.4, -0.2) is 60.5 Å². The van der Waals surface area contributed by atoms with Gasteiger partial charge >= 0.3 is 0 Å². The molecule has 0 unspecified atom stereocenters. The molecule has 0 radical (unpaired) electrons. The van der Waals surface area contributed by atoms with Crippen LogP contribution in [-0.2, 0) is 0 Å². The summed E-state index contributed by atoms with van der Waals surface area (Å²) >= 11 is 0. The van der Waals surface area contributed by atoms with E-state index in [2.05, 4.69) is 29.0 Å². The predicted molar refractivity (Wildman–Crippen MR) is 81.0 cm³/mol. The number of nitrogens with one attached hydrogen (secondary N) is 1. The molecule has 0 saturated carbocycles. The molecule has 5 heteroatoms. The maximum Gasteiger partial charge on any atom is 0.272 e. The summed E-state index contributed by atoms with van der Waals surface area (Å²) in [5.41, 5.74) is 1.45. The Morgan fingerprint density at radius 2 is 2.00 bits per heavy atom. The van der Waals surface area contributed by atoms with Gasteiger partial charge in [0.25, 0.3) is 5.91 Å². The van der Waals surface area contributed by atoms with Gasteiger partial charge in [0, 0.05) is 39.8 Å². The summed E-state index contributed by atoms with van der Waals surface area (Å²) in [7, 11) is 1.84. The number of piperazine rings is 1. The molecule has 0 atom stereocenters. The first kappa shape index (κ1) is 14.8. The Morgan fingerprint density at radius 1 is 1.30 bits per heavy atom. The molecular weight excluding hydrogens is 252 g/mol. The summed E-state index contributed by atoms with van der Waals surface area (Å²) < 4.78 is 0. The van der Waals surface area contributed by atoms with Gasteiger partial charge in [0.2, 0.25) is 0 Å². The molecule has 0 aromatic carbocycles. The number of hydrogen-bond acceptors (Lipinski definition) is 4. The molecule has 1 fully saturated rings. The Morgan fingerprint density at radius 3 is 2.50 bits per heavy atom. The lowest BCUT2D eigenvalue weighted by Crippen LogP contribution is -2.49. The van der Waals surface area contributed by atoms with E-state index in [1.54, 1.807) is 12.3 Å². The molecule has 1 aliphatic heterocycles. The number of anilines is 1. The number of nitrogens with zero attached hydrogens (tertiary/aromatic N) is 3. The lowest BCUT2D eigenvalue weighted by Gasteiger charge is -2.35.